The van der Waals surface area contributed by atoms with Crippen molar-refractivity contribution in [1.29, 1.82) is 0 Å². The highest BCUT2D eigenvalue weighted by molar-refractivity contribution is 7.14. The summed E-state index contributed by atoms with van der Waals surface area (Å²) in [7, 11) is 0. The molecule has 0 aliphatic carbocycles. The molecule has 2 aliphatic rings. The van der Waals surface area contributed by atoms with Crippen LogP contribution in [-0.2, 0) is 13.0 Å². The number of quaternary nitrogens is 1. The van der Waals surface area contributed by atoms with Gasteiger partial charge in [0, 0.05) is 36.9 Å². The molecule has 2 aliphatic heterocycles. The molecule has 3 heterocycles. The van der Waals surface area contributed by atoms with E-state index < -0.39 is 0 Å². The van der Waals surface area contributed by atoms with Crippen LogP contribution in [0, 0.1) is 0 Å². The highest BCUT2D eigenvalue weighted by Gasteiger charge is 2.37. The van der Waals surface area contributed by atoms with Crippen molar-refractivity contribution < 1.29 is 9.48 Å². The van der Waals surface area contributed by atoms with Gasteiger partial charge in [0.25, 0.3) is 0 Å². The van der Waals surface area contributed by atoms with Gasteiger partial charge in [-0.3, -0.25) is 0 Å². The maximum absolute atomic E-state index is 6.49. The largest absolute Gasteiger partial charge is 0.312 e. The Morgan fingerprint density at radius 2 is 2.05 bits per heavy atom. The van der Waals surface area contributed by atoms with Crippen LogP contribution in [0.3, 0.4) is 0 Å². The number of hydrogen-bond acceptors (Lipinski definition) is 3. The van der Waals surface area contributed by atoms with E-state index in [-0.39, 0.29) is 0 Å². The molecule has 19 heavy (non-hydrogen) atoms. The van der Waals surface area contributed by atoms with Gasteiger partial charge in [-0.2, -0.15) is 0 Å². The molecule has 3 nitrogen and oxygen atoms in total. The van der Waals surface area contributed by atoms with E-state index >= 15 is 0 Å². The smallest absolute Gasteiger partial charge is 0.244 e. The van der Waals surface area contributed by atoms with Crippen molar-refractivity contribution in [3.8, 4) is 5.06 Å². The fourth-order valence-electron chi connectivity index (χ4n) is 3.21. The SMILES string of the molecule is CC(C)[N+]1(Oc2cc3c(s2)CCNC3)CCCCC1. The molecule has 0 saturated carbocycles. The van der Waals surface area contributed by atoms with Crippen molar-refractivity contribution in [1.82, 2.24) is 5.32 Å². The Balaban J connectivity index is 1.79. The molecule has 0 radical (unpaired) electrons. The molecule has 3 rings (SSSR count). The van der Waals surface area contributed by atoms with Gasteiger partial charge < -0.3 is 10.2 Å². The molecule has 0 bridgehead atoms. The summed E-state index contributed by atoms with van der Waals surface area (Å²) in [6.07, 6.45) is 5.11. The number of piperidine rings is 1. The number of hydrogen-bond donors (Lipinski definition) is 1. The zero-order valence-corrected chi connectivity index (χ0v) is 12.9. The monoisotopic (exact) mass is 281 g/mol. The number of hydroxylamine groups is 3. The molecule has 1 fully saturated rings. The maximum atomic E-state index is 6.49. The minimum Gasteiger partial charge on any atom is -0.312 e. The molecule has 1 N–H and O–H groups in total. The number of nitrogens with zero attached hydrogens (tertiary/aromatic N) is 1. The average molecular weight is 281 g/mol. The second-order valence-electron chi connectivity index (χ2n) is 6.09. The Labute approximate surface area is 120 Å². The number of thiophene rings is 1. The summed E-state index contributed by atoms with van der Waals surface area (Å²) < 4.78 is 0.826. The Kier molecular flexibility index (Phi) is 3.83. The molecular weight excluding hydrogens is 256 g/mol. The summed E-state index contributed by atoms with van der Waals surface area (Å²) in [6, 6.07) is 2.81. The van der Waals surface area contributed by atoms with Gasteiger partial charge in [-0.05, 0) is 32.3 Å². The third-order valence-electron chi connectivity index (χ3n) is 4.50. The van der Waals surface area contributed by atoms with Crippen LogP contribution in [0.4, 0.5) is 0 Å². The predicted molar refractivity (Wildman–Crippen MR) is 79.3 cm³/mol. The van der Waals surface area contributed by atoms with Crippen LogP contribution in [-0.4, -0.2) is 30.3 Å². The lowest BCUT2D eigenvalue weighted by molar-refractivity contribution is -1.10. The second kappa shape index (κ2) is 5.43. The van der Waals surface area contributed by atoms with E-state index in [1.165, 1.54) is 42.8 Å². The zero-order valence-electron chi connectivity index (χ0n) is 12.1. The highest BCUT2D eigenvalue weighted by atomic mass is 32.1. The van der Waals surface area contributed by atoms with E-state index in [1.807, 2.05) is 11.3 Å². The van der Waals surface area contributed by atoms with Crippen molar-refractivity contribution in [2.45, 2.75) is 52.1 Å². The third-order valence-corrected chi connectivity index (χ3v) is 5.61. The van der Waals surface area contributed by atoms with Gasteiger partial charge in [0.15, 0.2) is 0 Å². The molecule has 106 valence electrons. The number of fused-ring (bicyclic) bond motifs is 1. The van der Waals surface area contributed by atoms with E-state index in [2.05, 4.69) is 25.2 Å². The van der Waals surface area contributed by atoms with Crippen LogP contribution in [0.2, 0.25) is 0 Å². The molecule has 4 heteroatoms. The summed E-state index contributed by atoms with van der Waals surface area (Å²) in [6.45, 7) is 9.03. The minimum absolute atomic E-state index is 0.539. The first kappa shape index (κ1) is 13.4. The predicted octanol–water partition coefficient (Wildman–Crippen LogP) is 3.10. The van der Waals surface area contributed by atoms with Crippen LogP contribution in [0.1, 0.15) is 43.6 Å². The van der Waals surface area contributed by atoms with Gasteiger partial charge in [-0.1, -0.05) is 11.3 Å². The first-order chi connectivity index (χ1) is 9.20. The molecule has 0 unspecified atom stereocenters. The molecule has 1 aromatic heterocycles. The third kappa shape index (κ3) is 2.67. The van der Waals surface area contributed by atoms with Gasteiger partial charge in [0.1, 0.15) is 19.1 Å². The molecule has 0 spiro atoms. The van der Waals surface area contributed by atoms with Crippen molar-refractivity contribution in [3.63, 3.8) is 0 Å². The van der Waals surface area contributed by atoms with Gasteiger partial charge in [0.2, 0.25) is 5.06 Å². The topological polar surface area (TPSA) is 21.3 Å². The molecule has 0 amide bonds. The van der Waals surface area contributed by atoms with Crippen molar-refractivity contribution in [3.05, 3.63) is 16.5 Å². The van der Waals surface area contributed by atoms with E-state index in [0.717, 1.165) is 29.2 Å². The molecule has 0 atom stereocenters. The van der Waals surface area contributed by atoms with Gasteiger partial charge >= 0.3 is 0 Å². The first-order valence-corrected chi connectivity index (χ1v) is 8.40. The van der Waals surface area contributed by atoms with Crippen molar-refractivity contribution >= 4 is 11.3 Å². The molecule has 1 aromatic rings. The fraction of sp³-hybridized carbons (Fsp3) is 0.733. The lowest BCUT2D eigenvalue weighted by Gasteiger charge is -2.41. The van der Waals surface area contributed by atoms with Crippen LogP contribution in [0.15, 0.2) is 6.07 Å². The molecule has 0 aromatic carbocycles. The van der Waals surface area contributed by atoms with Crippen molar-refractivity contribution in [2.75, 3.05) is 19.6 Å². The van der Waals surface area contributed by atoms with E-state index in [0.29, 0.717) is 6.04 Å². The Morgan fingerprint density at radius 1 is 1.26 bits per heavy atom. The fourth-order valence-corrected chi connectivity index (χ4v) is 4.31. The minimum atomic E-state index is 0.539. The average Bonchev–Trinajstić information content (AvgIpc) is 2.81. The first-order valence-electron chi connectivity index (χ1n) is 7.58. The summed E-state index contributed by atoms with van der Waals surface area (Å²) in [4.78, 5) is 8.01. The zero-order chi connectivity index (χ0) is 13.3. The number of rotatable bonds is 3. The Bertz CT molecular complexity index is 412. The summed E-state index contributed by atoms with van der Waals surface area (Å²) in [5.41, 5.74) is 1.45. The molecular formula is C15H25N2OS+. The summed E-state index contributed by atoms with van der Waals surface area (Å²) in [5, 5.41) is 4.57. The quantitative estimate of drug-likeness (QED) is 0.860. The number of nitrogens with one attached hydrogen (secondary N) is 1. The summed E-state index contributed by atoms with van der Waals surface area (Å²) >= 11 is 1.87. The van der Waals surface area contributed by atoms with Gasteiger partial charge in [-0.25, -0.2) is 0 Å². The van der Waals surface area contributed by atoms with E-state index in [1.54, 1.807) is 0 Å². The van der Waals surface area contributed by atoms with Gasteiger partial charge in [-0.15, -0.1) is 4.65 Å². The van der Waals surface area contributed by atoms with E-state index in [9.17, 15) is 0 Å². The van der Waals surface area contributed by atoms with Crippen LogP contribution in [0.5, 0.6) is 5.06 Å². The lowest BCUT2D eigenvalue weighted by atomic mass is 10.1. The normalized spacial score (nSPS) is 22.3. The van der Waals surface area contributed by atoms with Crippen LogP contribution < -0.4 is 10.2 Å². The Hall–Kier alpha value is -0.580. The van der Waals surface area contributed by atoms with Gasteiger partial charge in [0.05, 0.1) is 0 Å². The van der Waals surface area contributed by atoms with Crippen LogP contribution in [0.25, 0.3) is 0 Å². The highest BCUT2D eigenvalue weighted by Crippen LogP contribution is 2.35. The standard InChI is InChI=1S/C15H25N2OS/c1-12(2)17(8-4-3-5-9-17)18-15-10-13-11-16-7-6-14(13)19-15/h10,12,16H,3-9,11H2,1-2H3/q+1. The van der Waals surface area contributed by atoms with Crippen LogP contribution >= 0.6 is 11.3 Å². The second-order valence-corrected chi connectivity index (χ2v) is 7.19. The lowest BCUT2D eigenvalue weighted by Crippen LogP contribution is -2.58. The Morgan fingerprint density at radius 3 is 2.74 bits per heavy atom. The maximum Gasteiger partial charge on any atom is 0.244 e. The molecule has 1 saturated heterocycles. The van der Waals surface area contributed by atoms with Crippen molar-refractivity contribution in [2.24, 2.45) is 0 Å². The summed E-state index contributed by atoms with van der Waals surface area (Å²) in [5.74, 6) is 0. The van der Waals surface area contributed by atoms with E-state index in [4.69, 9.17) is 4.84 Å². The number of likely N-dealkylation sites (tertiary alicyclic amines) is 1.